The van der Waals surface area contributed by atoms with Crippen molar-refractivity contribution < 1.29 is 4.79 Å². The highest BCUT2D eigenvalue weighted by atomic mass is 35.5. The van der Waals surface area contributed by atoms with Crippen LogP contribution >= 0.6 is 12.4 Å². The van der Waals surface area contributed by atoms with Gasteiger partial charge in [-0.3, -0.25) is 9.69 Å². The zero-order chi connectivity index (χ0) is 13.8. The molecule has 5 heteroatoms. The topological polar surface area (TPSA) is 49.6 Å². The number of hydrogen-bond donors (Lipinski definition) is 1. The summed E-state index contributed by atoms with van der Waals surface area (Å²) in [5, 5.41) is 0. The van der Waals surface area contributed by atoms with Gasteiger partial charge in [-0.25, -0.2) is 0 Å². The Kier molecular flexibility index (Phi) is 7.27. The third kappa shape index (κ3) is 4.61. The molecule has 0 aliphatic carbocycles. The average molecular weight is 304 g/mol. The van der Waals surface area contributed by atoms with E-state index < -0.39 is 0 Å². The Balaban J connectivity index is 0.00000200. The second-order valence-electron chi connectivity index (χ2n) is 6.40. The lowest BCUT2D eigenvalue weighted by atomic mass is 9.91. The van der Waals surface area contributed by atoms with Gasteiger partial charge in [0.05, 0.1) is 6.54 Å². The first kappa shape index (κ1) is 17.7. The second-order valence-corrected chi connectivity index (χ2v) is 6.40. The number of carbonyl (C=O) groups excluding carboxylic acids is 1. The molecule has 0 aromatic heterocycles. The summed E-state index contributed by atoms with van der Waals surface area (Å²) >= 11 is 0. The highest BCUT2D eigenvalue weighted by Crippen LogP contribution is 2.21. The fourth-order valence-corrected chi connectivity index (χ4v) is 3.39. The molecule has 2 rings (SSSR count). The fraction of sp³-hybridized carbons (Fsp3) is 0.933. The Morgan fingerprint density at radius 2 is 1.85 bits per heavy atom. The molecule has 2 aliphatic heterocycles. The van der Waals surface area contributed by atoms with Gasteiger partial charge in [-0.15, -0.1) is 12.4 Å². The van der Waals surface area contributed by atoms with E-state index in [4.69, 9.17) is 5.73 Å². The van der Waals surface area contributed by atoms with Crippen LogP contribution in [0.5, 0.6) is 0 Å². The van der Waals surface area contributed by atoms with Gasteiger partial charge >= 0.3 is 0 Å². The molecule has 2 fully saturated rings. The number of amides is 1. The van der Waals surface area contributed by atoms with E-state index >= 15 is 0 Å². The van der Waals surface area contributed by atoms with Crippen LogP contribution < -0.4 is 5.73 Å². The van der Waals surface area contributed by atoms with Gasteiger partial charge in [-0.05, 0) is 65.0 Å². The SMILES string of the molecule is CC(N)C1CCN(CC(=O)N2CCCCC2C)CC1.Cl. The molecule has 20 heavy (non-hydrogen) atoms. The van der Waals surface area contributed by atoms with Crippen LogP contribution in [0.4, 0.5) is 0 Å². The maximum atomic E-state index is 12.4. The van der Waals surface area contributed by atoms with Crippen LogP contribution in [0, 0.1) is 5.92 Å². The summed E-state index contributed by atoms with van der Waals surface area (Å²) in [5.41, 5.74) is 5.96. The van der Waals surface area contributed by atoms with Crippen molar-refractivity contribution in [2.24, 2.45) is 11.7 Å². The zero-order valence-corrected chi connectivity index (χ0v) is 13.7. The van der Waals surface area contributed by atoms with E-state index in [-0.39, 0.29) is 12.4 Å². The Hall–Kier alpha value is -0.320. The van der Waals surface area contributed by atoms with Crippen LogP contribution in [0.3, 0.4) is 0 Å². The number of carbonyl (C=O) groups is 1. The van der Waals surface area contributed by atoms with Gasteiger partial charge < -0.3 is 10.6 Å². The smallest absolute Gasteiger partial charge is 0.236 e. The minimum atomic E-state index is 0. The van der Waals surface area contributed by atoms with E-state index in [0.717, 1.165) is 32.5 Å². The molecule has 4 nitrogen and oxygen atoms in total. The van der Waals surface area contributed by atoms with Crippen molar-refractivity contribution >= 4 is 18.3 Å². The summed E-state index contributed by atoms with van der Waals surface area (Å²) in [4.78, 5) is 16.7. The first-order valence-electron chi connectivity index (χ1n) is 7.85. The zero-order valence-electron chi connectivity index (χ0n) is 12.9. The van der Waals surface area contributed by atoms with Crippen molar-refractivity contribution in [1.29, 1.82) is 0 Å². The molecule has 0 radical (unpaired) electrons. The lowest BCUT2D eigenvalue weighted by Gasteiger charge is -2.37. The molecular weight excluding hydrogens is 274 g/mol. The molecule has 2 N–H and O–H groups in total. The second kappa shape index (κ2) is 8.20. The number of likely N-dealkylation sites (tertiary alicyclic amines) is 2. The summed E-state index contributed by atoms with van der Waals surface area (Å²) in [6.45, 7) is 7.90. The molecule has 2 heterocycles. The van der Waals surface area contributed by atoms with Gasteiger partial charge in [-0.2, -0.15) is 0 Å². The number of nitrogens with two attached hydrogens (primary N) is 1. The van der Waals surface area contributed by atoms with Gasteiger partial charge in [0.2, 0.25) is 5.91 Å². The largest absolute Gasteiger partial charge is 0.339 e. The summed E-state index contributed by atoms with van der Waals surface area (Å²) in [6.07, 6.45) is 5.88. The van der Waals surface area contributed by atoms with Crippen LogP contribution in [-0.2, 0) is 4.79 Å². The molecular formula is C15H30ClN3O. The predicted octanol–water partition coefficient (Wildman–Crippen LogP) is 1.87. The lowest BCUT2D eigenvalue weighted by molar-refractivity contribution is -0.136. The van der Waals surface area contributed by atoms with Gasteiger partial charge in [0.25, 0.3) is 0 Å². The number of piperidine rings is 2. The molecule has 2 aliphatic rings. The van der Waals surface area contributed by atoms with Crippen molar-refractivity contribution in [2.75, 3.05) is 26.2 Å². The number of rotatable bonds is 3. The summed E-state index contributed by atoms with van der Waals surface area (Å²) < 4.78 is 0. The van der Waals surface area contributed by atoms with E-state index in [1.54, 1.807) is 0 Å². The number of halogens is 1. The molecule has 2 unspecified atom stereocenters. The van der Waals surface area contributed by atoms with E-state index in [0.29, 0.717) is 30.5 Å². The molecule has 2 saturated heterocycles. The first-order chi connectivity index (χ1) is 9.08. The first-order valence-corrected chi connectivity index (χ1v) is 7.85. The number of nitrogens with zero attached hydrogens (tertiary/aromatic N) is 2. The molecule has 0 bridgehead atoms. The quantitative estimate of drug-likeness (QED) is 0.866. The maximum Gasteiger partial charge on any atom is 0.236 e. The van der Waals surface area contributed by atoms with Crippen molar-refractivity contribution in [3.8, 4) is 0 Å². The minimum Gasteiger partial charge on any atom is -0.339 e. The molecule has 118 valence electrons. The molecule has 0 spiro atoms. The van der Waals surface area contributed by atoms with Gasteiger partial charge in [0.1, 0.15) is 0 Å². The Morgan fingerprint density at radius 3 is 2.40 bits per heavy atom. The molecule has 0 aromatic rings. The van der Waals surface area contributed by atoms with E-state index in [1.165, 1.54) is 19.3 Å². The van der Waals surface area contributed by atoms with Crippen LogP contribution in [0.25, 0.3) is 0 Å². The Morgan fingerprint density at radius 1 is 1.20 bits per heavy atom. The van der Waals surface area contributed by atoms with E-state index in [1.807, 2.05) is 0 Å². The van der Waals surface area contributed by atoms with Crippen molar-refractivity contribution in [3.63, 3.8) is 0 Å². The van der Waals surface area contributed by atoms with Crippen molar-refractivity contribution in [1.82, 2.24) is 9.80 Å². The summed E-state index contributed by atoms with van der Waals surface area (Å²) in [7, 11) is 0. The van der Waals surface area contributed by atoms with Crippen molar-refractivity contribution in [2.45, 2.75) is 58.0 Å². The molecule has 0 aromatic carbocycles. The predicted molar refractivity (Wildman–Crippen MR) is 85.1 cm³/mol. The highest BCUT2D eigenvalue weighted by molar-refractivity contribution is 5.85. The van der Waals surface area contributed by atoms with Gasteiger partial charge in [-0.1, -0.05) is 0 Å². The fourth-order valence-electron chi connectivity index (χ4n) is 3.39. The normalized spacial score (nSPS) is 26.9. The third-order valence-electron chi connectivity index (χ3n) is 4.86. The van der Waals surface area contributed by atoms with Crippen LogP contribution in [0.2, 0.25) is 0 Å². The summed E-state index contributed by atoms with van der Waals surface area (Å²) in [6, 6.07) is 0.725. The average Bonchev–Trinajstić information content (AvgIpc) is 2.39. The van der Waals surface area contributed by atoms with Crippen LogP contribution in [0.15, 0.2) is 0 Å². The highest BCUT2D eigenvalue weighted by Gasteiger charge is 2.27. The van der Waals surface area contributed by atoms with E-state index in [9.17, 15) is 4.79 Å². The maximum absolute atomic E-state index is 12.4. The van der Waals surface area contributed by atoms with Crippen molar-refractivity contribution in [3.05, 3.63) is 0 Å². The monoisotopic (exact) mass is 303 g/mol. The van der Waals surface area contributed by atoms with Gasteiger partial charge in [0.15, 0.2) is 0 Å². The Labute approximate surface area is 129 Å². The van der Waals surface area contributed by atoms with Crippen LogP contribution in [0.1, 0.15) is 46.0 Å². The lowest BCUT2D eigenvalue weighted by Crippen LogP contribution is -2.49. The number of hydrogen-bond acceptors (Lipinski definition) is 3. The molecule has 2 atom stereocenters. The van der Waals surface area contributed by atoms with E-state index in [2.05, 4.69) is 23.6 Å². The summed E-state index contributed by atoms with van der Waals surface area (Å²) in [5.74, 6) is 0.965. The molecule has 0 saturated carbocycles. The Bertz CT molecular complexity index is 303. The molecule has 1 amide bonds. The third-order valence-corrected chi connectivity index (χ3v) is 4.86. The minimum absolute atomic E-state index is 0. The van der Waals surface area contributed by atoms with Gasteiger partial charge in [0, 0.05) is 18.6 Å². The van der Waals surface area contributed by atoms with Crippen LogP contribution in [-0.4, -0.2) is 54.0 Å². The standard InChI is InChI=1S/C15H29N3O.ClH/c1-12-5-3-4-8-18(12)15(19)11-17-9-6-14(7-10-17)13(2)16;/h12-14H,3-11,16H2,1-2H3;1H.